The van der Waals surface area contributed by atoms with Gasteiger partial charge in [0.2, 0.25) is 0 Å². The third kappa shape index (κ3) is 5.19. The number of aromatic nitrogens is 1. The number of nitrogens with zero attached hydrogens (tertiary/aromatic N) is 2. The fourth-order valence-electron chi connectivity index (χ4n) is 1.60. The number of phenols is 1. The fourth-order valence-corrected chi connectivity index (χ4v) is 1.98. The summed E-state index contributed by atoms with van der Waals surface area (Å²) in [6.45, 7) is -0.227. The lowest BCUT2D eigenvalue weighted by atomic mass is 10.2. The summed E-state index contributed by atoms with van der Waals surface area (Å²) in [7, 11) is 0. The van der Waals surface area contributed by atoms with Crippen LogP contribution >= 0.6 is 15.9 Å². The van der Waals surface area contributed by atoms with Gasteiger partial charge >= 0.3 is 0 Å². The van der Waals surface area contributed by atoms with Gasteiger partial charge < -0.3 is 10.4 Å². The molecule has 0 aliphatic heterocycles. The molecule has 0 atom stereocenters. The quantitative estimate of drug-likeness (QED) is 0.542. The Bertz CT molecular complexity index is 735. The maximum absolute atomic E-state index is 11.7. The minimum atomic E-state index is -0.493. The van der Waals surface area contributed by atoms with Crippen LogP contribution in [0.25, 0.3) is 0 Å². The van der Waals surface area contributed by atoms with Crippen LogP contribution in [0.1, 0.15) is 15.9 Å². The summed E-state index contributed by atoms with van der Waals surface area (Å²) in [5.41, 5.74) is 3.07. The van der Waals surface area contributed by atoms with Gasteiger partial charge in [-0.25, -0.2) is 5.43 Å². The highest BCUT2D eigenvalue weighted by Crippen LogP contribution is 2.19. The maximum Gasteiger partial charge on any atom is 0.259 e. The van der Waals surface area contributed by atoms with Crippen molar-refractivity contribution >= 4 is 34.0 Å². The van der Waals surface area contributed by atoms with Crippen LogP contribution in [-0.2, 0) is 4.79 Å². The van der Waals surface area contributed by atoms with Crippen molar-refractivity contribution in [3.05, 3.63) is 58.3 Å². The number of hydrogen-bond acceptors (Lipinski definition) is 5. The Morgan fingerprint density at radius 2 is 2.17 bits per heavy atom. The van der Waals surface area contributed by atoms with Crippen LogP contribution in [0.3, 0.4) is 0 Å². The van der Waals surface area contributed by atoms with Gasteiger partial charge in [-0.2, -0.15) is 5.10 Å². The Morgan fingerprint density at radius 1 is 1.35 bits per heavy atom. The van der Waals surface area contributed by atoms with Crippen LogP contribution in [0.4, 0.5) is 0 Å². The summed E-state index contributed by atoms with van der Waals surface area (Å²) >= 11 is 3.27. The van der Waals surface area contributed by atoms with Gasteiger partial charge in [0.15, 0.2) is 0 Å². The first kappa shape index (κ1) is 16.6. The van der Waals surface area contributed by atoms with E-state index in [0.717, 1.165) is 4.47 Å². The molecule has 0 bridgehead atoms. The third-order valence-electron chi connectivity index (χ3n) is 2.72. The average Bonchev–Trinajstić information content (AvgIpc) is 2.56. The van der Waals surface area contributed by atoms with Crippen molar-refractivity contribution in [2.75, 3.05) is 6.54 Å². The SMILES string of the molecule is O=C(CNC(=O)c1cccnc1)N/N=C\c1cc(Br)ccc1O. The molecule has 0 fully saturated rings. The van der Waals surface area contributed by atoms with Crippen molar-refractivity contribution in [2.24, 2.45) is 5.10 Å². The number of rotatable bonds is 5. The van der Waals surface area contributed by atoms with Gasteiger partial charge in [-0.1, -0.05) is 15.9 Å². The van der Waals surface area contributed by atoms with E-state index < -0.39 is 11.8 Å². The highest BCUT2D eigenvalue weighted by Gasteiger charge is 2.07. The second-order valence-electron chi connectivity index (χ2n) is 4.42. The van der Waals surface area contributed by atoms with Crippen molar-refractivity contribution in [1.82, 2.24) is 15.7 Å². The number of carbonyl (C=O) groups excluding carboxylic acids is 2. The first-order chi connectivity index (χ1) is 11.1. The molecule has 2 aromatic rings. The topological polar surface area (TPSA) is 104 Å². The molecule has 2 amide bonds. The number of benzene rings is 1. The van der Waals surface area contributed by atoms with Gasteiger partial charge in [-0.05, 0) is 30.3 Å². The minimum absolute atomic E-state index is 0.0380. The number of carbonyl (C=O) groups is 2. The zero-order chi connectivity index (χ0) is 16.7. The van der Waals surface area contributed by atoms with Crippen molar-refractivity contribution < 1.29 is 14.7 Å². The Kier molecular flexibility index (Phi) is 5.81. The summed E-state index contributed by atoms with van der Waals surface area (Å²) in [6.07, 6.45) is 4.26. The van der Waals surface area contributed by atoms with Crippen LogP contribution < -0.4 is 10.7 Å². The number of nitrogens with one attached hydrogen (secondary N) is 2. The maximum atomic E-state index is 11.7. The zero-order valence-electron chi connectivity index (χ0n) is 11.9. The number of amides is 2. The van der Waals surface area contributed by atoms with E-state index in [9.17, 15) is 14.7 Å². The van der Waals surface area contributed by atoms with Crippen LogP contribution in [0, 0.1) is 0 Å². The van der Waals surface area contributed by atoms with Gasteiger partial charge in [-0.15, -0.1) is 0 Å². The Balaban J connectivity index is 1.82. The van der Waals surface area contributed by atoms with E-state index in [1.165, 1.54) is 18.5 Å². The monoisotopic (exact) mass is 376 g/mol. The van der Waals surface area contributed by atoms with E-state index in [1.807, 2.05) is 0 Å². The lowest BCUT2D eigenvalue weighted by Crippen LogP contribution is -2.34. The molecule has 1 aromatic heterocycles. The summed E-state index contributed by atoms with van der Waals surface area (Å²) < 4.78 is 0.770. The average molecular weight is 377 g/mol. The lowest BCUT2D eigenvalue weighted by Gasteiger charge is -2.04. The molecular weight excluding hydrogens is 364 g/mol. The number of hydrogen-bond donors (Lipinski definition) is 3. The predicted molar refractivity (Wildman–Crippen MR) is 88.1 cm³/mol. The highest BCUT2D eigenvalue weighted by atomic mass is 79.9. The third-order valence-corrected chi connectivity index (χ3v) is 3.21. The molecule has 1 aromatic carbocycles. The van der Waals surface area contributed by atoms with Crippen LogP contribution in [0.2, 0.25) is 0 Å². The summed E-state index contributed by atoms with van der Waals surface area (Å²) in [5.74, 6) is -0.856. The molecule has 8 heteroatoms. The van der Waals surface area contributed by atoms with E-state index in [1.54, 1.807) is 30.5 Å². The molecule has 3 N–H and O–H groups in total. The molecule has 0 saturated heterocycles. The van der Waals surface area contributed by atoms with Gasteiger partial charge in [-0.3, -0.25) is 14.6 Å². The number of halogens is 1. The largest absolute Gasteiger partial charge is 0.507 e. The normalized spacial score (nSPS) is 10.5. The van der Waals surface area contributed by atoms with Crippen molar-refractivity contribution in [3.63, 3.8) is 0 Å². The minimum Gasteiger partial charge on any atom is -0.507 e. The molecule has 118 valence electrons. The summed E-state index contributed by atoms with van der Waals surface area (Å²) in [6, 6.07) is 8.05. The van der Waals surface area contributed by atoms with E-state index in [4.69, 9.17) is 0 Å². The predicted octanol–water partition coefficient (Wildman–Crippen LogP) is 1.43. The van der Waals surface area contributed by atoms with E-state index in [0.29, 0.717) is 11.1 Å². The molecule has 2 rings (SSSR count). The van der Waals surface area contributed by atoms with Crippen LogP contribution in [-0.4, -0.2) is 34.7 Å². The smallest absolute Gasteiger partial charge is 0.259 e. The molecule has 0 unspecified atom stereocenters. The Hall–Kier alpha value is -2.74. The molecule has 0 spiro atoms. The Labute approximate surface area is 140 Å². The first-order valence-corrected chi connectivity index (χ1v) is 7.34. The van der Waals surface area contributed by atoms with Crippen molar-refractivity contribution in [2.45, 2.75) is 0 Å². The molecule has 23 heavy (non-hydrogen) atoms. The lowest BCUT2D eigenvalue weighted by molar-refractivity contribution is -0.120. The number of pyridine rings is 1. The molecular formula is C15H13BrN4O3. The molecule has 0 radical (unpaired) electrons. The van der Waals surface area contributed by atoms with Crippen LogP contribution in [0.5, 0.6) is 5.75 Å². The van der Waals surface area contributed by atoms with E-state index >= 15 is 0 Å². The second kappa shape index (κ2) is 8.04. The number of hydrazone groups is 1. The van der Waals surface area contributed by atoms with Crippen molar-refractivity contribution in [3.8, 4) is 5.75 Å². The van der Waals surface area contributed by atoms with Gasteiger partial charge in [0.25, 0.3) is 11.8 Å². The molecule has 0 aliphatic rings. The summed E-state index contributed by atoms with van der Waals surface area (Å²) in [5, 5.41) is 15.8. The standard InChI is InChI=1S/C15H13BrN4O3/c16-12-3-4-13(21)11(6-12)8-19-20-14(22)9-18-15(23)10-2-1-5-17-7-10/h1-8,21H,9H2,(H,18,23)(H,20,22)/b19-8-. The van der Waals surface area contributed by atoms with Gasteiger partial charge in [0.05, 0.1) is 18.3 Å². The van der Waals surface area contributed by atoms with E-state index in [2.05, 4.69) is 36.8 Å². The van der Waals surface area contributed by atoms with Crippen LogP contribution in [0.15, 0.2) is 52.3 Å². The number of aromatic hydroxyl groups is 1. The van der Waals surface area contributed by atoms with Crippen molar-refractivity contribution in [1.29, 1.82) is 0 Å². The zero-order valence-corrected chi connectivity index (χ0v) is 13.4. The van der Waals surface area contributed by atoms with E-state index in [-0.39, 0.29) is 12.3 Å². The number of phenolic OH excluding ortho intramolecular Hbond substituents is 1. The van der Waals surface area contributed by atoms with Gasteiger partial charge in [0, 0.05) is 22.4 Å². The molecule has 7 nitrogen and oxygen atoms in total. The first-order valence-electron chi connectivity index (χ1n) is 6.55. The Morgan fingerprint density at radius 3 is 2.91 bits per heavy atom. The van der Waals surface area contributed by atoms with Gasteiger partial charge in [0.1, 0.15) is 5.75 Å². The fraction of sp³-hybridized carbons (Fsp3) is 0.0667. The highest BCUT2D eigenvalue weighted by molar-refractivity contribution is 9.10. The molecule has 0 saturated carbocycles. The molecule has 0 aliphatic carbocycles. The second-order valence-corrected chi connectivity index (χ2v) is 5.34. The summed E-state index contributed by atoms with van der Waals surface area (Å²) in [4.78, 5) is 27.1. The molecule has 1 heterocycles.